The topological polar surface area (TPSA) is 50.3 Å². The first-order valence-electron chi connectivity index (χ1n) is 6.37. The van der Waals surface area contributed by atoms with E-state index < -0.39 is 10.0 Å². The zero-order valence-corrected chi connectivity index (χ0v) is 12.1. The third-order valence-corrected chi connectivity index (χ3v) is 4.90. The quantitative estimate of drug-likeness (QED) is 0.793. The molecule has 0 aliphatic rings. The number of benzene rings is 1. The first-order chi connectivity index (χ1) is 9.61. The Morgan fingerprint density at radius 1 is 1.35 bits per heavy atom. The molecule has 1 heterocycles. The largest absolute Gasteiger partial charge is 0.264 e. The molecule has 0 amide bonds. The van der Waals surface area contributed by atoms with Crippen molar-refractivity contribution in [3.05, 3.63) is 36.7 Å². The van der Waals surface area contributed by atoms with E-state index in [0.717, 1.165) is 5.39 Å². The molecule has 0 unspecified atom stereocenters. The van der Waals surface area contributed by atoms with E-state index in [2.05, 4.69) is 10.9 Å². The van der Waals surface area contributed by atoms with Crippen LogP contribution in [-0.2, 0) is 10.0 Å². The fourth-order valence-corrected chi connectivity index (χ4v) is 3.75. The van der Waals surface area contributed by atoms with Crippen LogP contribution < -0.4 is 0 Å². The molecule has 20 heavy (non-hydrogen) atoms. The summed E-state index contributed by atoms with van der Waals surface area (Å²) in [7, 11) is -3.59. The fourth-order valence-electron chi connectivity index (χ4n) is 2.09. The minimum atomic E-state index is -3.59. The van der Waals surface area contributed by atoms with Gasteiger partial charge in [-0.05, 0) is 18.6 Å². The van der Waals surface area contributed by atoms with E-state index in [-0.39, 0.29) is 11.4 Å². The van der Waals surface area contributed by atoms with Crippen LogP contribution >= 0.6 is 0 Å². The van der Waals surface area contributed by atoms with Gasteiger partial charge in [0.05, 0.1) is 11.4 Å². The second kappa shape index (κ2) is 6.04. The number of rotatable bonds is 5. The van der Waals surface area contributed by atoms with Crippen molar-refractivity contribution in [3.63, 3.8) is 0 Å². The SMILES string of the molecule is C#CCN(CCC)S(=O)(=O)c1cccc2cnccc12. The van der Waals surface area contributed by atoms with Gasteiger partial charge in [-0.2, -0.15) is 4.31 Å². The maximum absolute atomic E-state index is 12.7. The summed E-state index contributed by atoms with van der Waals surface area (Å²) in [4.78, 5) is 4.29. The summed E-state index contributed by atoms with van der Waals surface area (Å²) < 4.78 is 26.8. The Balaban J connectivity index is 2.59. The van der Waals surface area contributed by atoms with Gasteiger partial charge in [0.15, 0.2) is 0 Å². The Morgan fingerprint density at radius 2 is 2.15 bits per heavy atom. The Hall–Kier alpha value is -1.90. The molecule has 0 fully saturated rings. The van der Waals surface area contributed by atoms with Crippen LogP contribution in [0, 0.1) is 12.3 Å². The molecule has 2 rings (SSSR count). The van der Waals surface area contributed by atoms with E-state index in [9.17, 15) is 8.42 Å². The first kappa shape index (κ1) is 14.5. The highest BCUT2D eigenvalue weighted by Crippen LogP contribution is 2.25. The maximum Gasteiger partial charge on any atom is 0.244 e. The molecule has 0 aliphatic carbocycles. The molecule has 0 saturated carbocycles. The van der Waals surface area contributed by atoms with Gasteiger partial charge in [-0.15, -0.1) is 6.42 Å². The summed E-state index contributed by atoms with van der Waals surface area (Å²) in [5, 5.41) is 1.46. The molecule has 0 N–H and O–H groups in total. The molecule has 0 saturated heterocycles. The smallest absolute Gasteiger partial charge is 0.244 e. The third kappa shape index (κ3) is 2.67. The third-order valence-electron chi connectivity index (χ3n) is 3.00. The van der Waals surface area contributed by atoms with Crippen LogP contribution in [0.1, 0.15) is 13.3 Å². The molecule has 0 radical (unpaired) electrons. The van der Waals surface area contributed by atoms with Crippen molar-refractivity contribution in [2.45, 2.75) is 18.2 Å². The lowest BCUT2D eigenvalue weighted by Gasteiger charge is -2.20. The van der Waals surface area contributed by atoms with Crippen LogP contribution in [0.3, 0.4) is 0 Å². The van der Waals surface area contributed by atoms with Gasteiger partial charge in [-0.3, -0.25) is 4.98 Å². The highest BCUT2D eigenvalue weighted by molar-refractivity contribution is 7.89. The van der Waals surface area contributed by atoms with Gasteiger partial charge in [-0.1, -0.05) is 25.0 Å². The van der Waals surface area contributed by atoms with Crippen molar-refractivity contribution >= 4 is 20.8 Å². The van der Waals surface area contributed by atoms with Gasteiger partial charge in [0.25, 0.3) is 0 Å². The molecule has 0 spiro atoms. The zero-order valence-electron chi connectivity index (χ0n) is 11.3. The number of terminal acetylenes is 1. The number of hydrogen-bond acceptors (Lipinski definition) is 3. The summed E-state index contributed by atoms with van der Waals surface area (Å²) in [5.41, 5.74) is 0. The molecule has 0 bridgehead atoms. The van der Waals surface area contributed by atoms with Crippen LogP contribution in [0.4, 0.5) is 0 Å². The number of pyridine rings is 1. The van der Waals surface area contributed by atoms with Gasteiger partial charge in [0.1, 0.15) is 0 Å². The first-order valence-corrected chi connectivity index (χ1v) is 7.81. The van der Waals surface area contributed by atoms with Gasteiger partial charge in [-0.25, -0.2) is 8.42 Å². The Labute approximate surface area is 119 Å². The summed E-state index contributed by atoms with van der Waals surface area (Å²) >= 11 is 0. The normalized spacial score (nSPS) is 11.7. The van der Waals surface area contributed by atoms with E-state index in [0.29, 0.717) is 18.4 Å². The van der Waals surface area contributed by atoms with E-state index in [4.69, 9.17) is 6.42 Å². The average molecular weight is 288 g/mol. The molecule has 1 aromatic carbocycles. The molecular formula is C15H16N2O2S. The van der Waals surface area contributed by atoms with Gasteiger partial charge < -0.3 is 0 Å². The number of aromatic nitrogens is 1. The summed E-state index contributed by atoms with van der Waals surface area (Å²) in [5.74, 6) is 2.41. The number of hydrogen-bond donors (Lipinski definition) is 0. The van der Waals surface area contributed by atoms with Crippen molar-refractivity contribution in [1.29, 1.82) is 0 Å². The minimum absolute atomic E-state index is 0.0810. The monoisotopic (exact) mass is 288 g/mol. The molecule has 5 heteroatoms. The summed E-state index contributed by atoms with van der Waals surface area (Å²) in [6, 6.07) is 6.88. The van der Waals surface area contributed by atoms with E-state index >= 15 is 0 Å². The fraction of sp³-hybridized carbons (Fsp3) is 0.267. The molecule has 0 atom stereocenters. The van der Waals surface area contributed by atoms with E-state index in [1.165, 1.54) is 4.31 Å². The number of nitrogens with zero attached hydrogens (tertiary/aromatic N) is 2. The lowest BCUT2D eigenvalue weighted by molar-refractivity contribution is 0.446. The van der Waals surface area contributed by atoms with Crippen LogP contribution in [0.2, 0.25) is 0 Å². The average Bonchev–Trinajstić information content (AvgIpc) is 2.46. The van der Waals surface area contributed by atoms with Gasteiger partial charge >= 0.3 is 0 Å². The highest BCUT2D eigenvalue weighted by Gasteiger charge is 2.24. The van der Waals surface area contributed by atoms with Crippen molar-refractivity contribution in [3.8, 4) is 12.3 Å². The van der Waals surface area contributed by atoms with Crippen LogP contribution in [-0.4, -0.2) is 30.8 Å². The predicted octanol–water partition coefficient (Wildman–Crippen LogP) is 2.27. The Bertz CT molecular complexity index is 743. The predicted molar refractivity (Wildman–Crippen MR) is 79.6 cm³/mol. The standard InChI is InChI=1S/C15H16N2O2S/c1-3-10-17(11-4-2)20(18,19)15-7-5-6-13-12-16-9-8-14(13)15/h1,5-9,12H,4,10-11H2,2H3. The van der Waals surface area contributed by atoms with Gasteiger partial charge in [0, 0.05) is 29.7 Å². The molecule has 104 valence electrons. The lowest BCUT2D eigenvalue weighted by atomic mass is 10.2. The number of fused-ring (bicyclic) bond motifs is 1. The van der Waals surface area contributed by atoms with Crippen molar-refractivity contribution in [2.75, 3.05) is 13.1 Å². The second-order valence-corrected chi connectivity index (χ2v) is 6.30. The molecule has 1 aromatic heterocycles. The van der Waals surface area contributed by atoms with Crippen molar-refractivity contribution in [1.82, 2.24) is 9.29 Å². The molecule has 4 nitrogen and oxygen atoms in total. The van der Waals surface area contributed by atoms with Crippen molar-refractivity contribution < 1.29 is 8.42 Å². The van der Waals surface area contributed by atoms with Gasteiger partial charge in [0.2, 0.25) is 10.0 Å². The zero-order chi connectivity index (χ0) is 14.6. The van der Waals surface area contributed by atoms with Crippen LogP contribution in [0.5, 0.6) is 0 Å². The lowest BCUT2D eigenvalue weighted by Crippen LogP contribution is -2.32. The molecule has 0 aliphatic heterocycles. The summed E-state index contributed by atoms with van der Waals surface area (Å²) in [6.45, 7) is 2.41. The summed E-state index contributed by atoms with van der Waals surface area (Å²) in [6.07, 6.45) is 9.24. The van der Waals surface area contributed by atoms with E-state index in [1.807, 2.05) is 13.0 Å². The second-order valence-electron chi connectivity index (χ2n) is 4.40. The van der Waals surface area contributed by atoms with Crippen LogP contribution in [0.15, 0.2) is 41.6 Å². The Morgan fingerprint density at radius 3 is 2.85 bits per heavy atom. The number of sulfonamides is 1. The molecule has 2 aromatic rings. The minimum Gasteiger partial charge on any atom is -0.264 e. The maximum atomic E-state index is 12.7. The highest BCUT2D eigenvalue weighted by atomic mass is 32.2. The Kier molecular flexibility index (Phi) is 4.38. The molecular weight excluding hydrogens is 272 g/mol. The van der Waals surface area contributed by atoms with Crippen molar-refractivity contribution in [2.24, 2.45) is 0 Å². The van der Waals surface area contributed by atoms with E-state index in [1.54, 1.807) is 30.6 Å². The van der Waals surface area contributed by atoms with Crippen LogP contribution in [0.25, 0.3) is 10.8 Å².